The minimum Gasteiger partial charge on any atom is -0.492 e. The van der Waals surface area contributed by atoms with Gasteiger partial charge in [-0.05, 0) is 43.8 Å². The summed E-state index contributed by atoms with van der Waals surface area (Å²) in [6.07, 6.45) is 14.5. The first-order chi connectivity index (χ1) is 8.92. The van der Waals surface area contributed by atoms with Crippen molar-refractivity contribution in [2.75, 3.05) is 13.2 Å². The topological polar surface area (TPSA) is 21.6 Å². The molecule has 0 N–H and O–H groups in total. The van der Waals surface area contributed by atoms with Gasteiger partial charge in [0.15, 0.2) is 0 Å². The van der Waals surface area contributed by atoms with Crippen LogP contribution in [-0.4, -0.2) is 18.9 Å². The fourth-order valence-corrected chi connectivity index (χ4v) is 2.55. The Morgan fingerprint density at radius 3 is 2.89 bits per heavy atom. The number of unbranched alkanes of at least 4 members (excludes halogenated alkanes) is 3. The average Bonchev–Trinajstić information content (AvgIpc) is 2.88. The molecular weight excluding hydrogens is 222 g/mol. The van der Waals surface area contributed by atoms with Crippen LogP contribution in [-0.2, 0) is 4.74 Å². The van der Waals surface area contributed by atoms with Crippen LogP contribution >= 0.6 is 0 Å². The Morgan fingerprint density at radius 2 is 2.11 bits per heavy atom. The van der Waals surface area contributed by atoms with Crippen molar-refractivity contribution in [3.63, 3.8) is 0 Å². The zero-order valence-corrected chi connectivity index (χ0v) is 11.6. The van der Waals surface area contributed by atoms with Crippen LogP contribution < -0.4 is 0 Å². The minimum absolute atomic E-state index is 0.803. The van der Waals surface area contributed by atoms with E-state index in [0.29, 0.717) is 0 Å². The first-order valence-corrected chi connectivity index (χ1v) is 7.49. The number of ether oxygens (including phenoxy) is 1. The van der Waals surface area contributed by atoms with Crippen molar-refractivity contribution in [3.8, 4) is 0 Å². The van der Waals surface area contributed by atoms with Gasteiger partial charge in [0.2, 0.25) is 0 Å². The standard InChI is InChI=1S/C16H25NO/c1-2-3-4-8-13-18-15-11-12-17-16(15)14-9-6-5-7-10-14/h9,11H,2-8,10,12-13H2,1H3. The molecule has 0 bridgehead atoms. The van der Waals surface area contributed by atoms with E-state index < -0.39 is 0 Å². The third kappa shape index (κ3) is 3.72. The molecule has 0 radical (unpaired) electrons. The summed E-state index contributed by atoms with van der Waals surface area (Å²) in [6, 6.07) is 0. The lowest BCUT2D eigenvalue weighted by Gasteiger charge is -2.15. The van der Waals surface area contributed by atoms with Gasteiger partial charge in [0.25, 0.3) is 0 Å². The molecule has 0 saturated heterocycles. The molecule has 0 fully saturated rings. The van der Waals surface area contributed by atoms with Crippen LogP contribution in [0.15, 0.2) is 28.5 Å². The van der Waals surface area contributed by atoms with E-state index >= 15 is 0 Å². The van der Waals surface area contributed by atoms with Gasteiger partial charge in [-0.2, -0.15) is 0 Å². The molecule has 0 atom stereocenters. The summed E-state index contributed by atoms with van der Waals surface area (Å²) in [5.74, 6) is 1.04. The highest BCUT2D eigenvalue weighted by molar-refractivity contribution is 6.12. The average molecular weight is 247 g/mol. The van der Waals surface area contributed by atoms with Crippen molar-refractivity contribution in [3.05, 3.63) is 23.5 Å². The van der Waals surface area contributed by atoms with Gasteiger partial charge in [0, 0.05) is 0 Å². The summed E-state index contributed by atoms with van der Waals surface area (Å²) in [4.78, 5) is 4.59. The van der Waals surface area contributed by atoms with E-state index in [1.165, 1.54) is 50.5 Å². The highest BCUT2D eigenvalue weighted by atomic mass is 16.5. The Morgan fingerprint density at radius 1 is 1.17 bits per heavy atom. The molecular formula is C16H25NO. The van der Waals surface area contributed by atoms with Crippen LogP contribution in [0.2, 0.25) is 0 Å². The van der Waals surface area contributed by atoms with Gasteiger partial charge in [-0.3, -0.25) is 4.99 Å². The largest absolute Gasteiger partial charge is 0.492 e. The molecule has 2 rings (SSSR count). The van der Waals surface area contributed by atoms with Crippen molar-refractivity contribution in [1.82, 2.24) is 0 Å². The first kappa shape index (κ1) is 13.4. The first-order valence-electron chi connectivity index (χ1n) is 7.49. The highest BCUT2D eigenvalue weighted by Gasteiger charge is 2.18. The molecule has 1 aliphatic heterocycles. The normalized spacial score (nSPS) is 19.3. The molecule has 0 unspecified atom stereocenters. The maximum atomic E-state index is 5.90. The summed E-state index contributed by atoms with van der Waals surface area (Å²) >= 11 is 0. The quantitative estimate of drug-likeness (QED) is 0.610. The van der Waals surface area contributed by atoms with Gasteiger partial charge in [-0.15, -0.1) is 0 Å². The van der Waals surface area contributed by atoms with Crippen molar-refractivity contribution < 1.29 is 4.74 Å². The molecule has 100 valence electrons. The number of aliphatic imine (C=N–C) groups is 1. The van der Waals surface area contributed by atoms with Crippen LogP contribution in [0.4, 0.5) is 0 Å². The van der Waals surface area contributed by atoms with E-state index in [9.17, 15) is 0 Å². The fourth-order valence-electron chi connectivity index (χ4n) is 2.55. The van der Waals surface area contributed by atoms with E-state index in [4.69, 9.17) is 4.74 Å². The van der Waals surface area contributed by atoms with Crippen LogP contribution in [0.5, 0.6) is 0 Å². The van der Waals surface area contributed by atoms with E-state index in [2.05, 4.69) is 24.1 Å². The van der Waals surface area contributed by atoms with Crippen molar-refractivity contribution in [2.45, 2.75) is 58.3 Å². The van der Waals surface area contributed by atoms with E-state index in [1.54, 1.807) is 0 Å². The van der Waals surface area contributed by atoms with Crippen LogP contribution in [0, 0.1) is 0 Å². The highest BCUT2D eigenvalue weighted by Crippen LogP contribution is 2.24. The molecule has 2 aliphatic rings. The molecule has 18 heavy (non-hydrogen) atoms. The smallest absolute Gasteiger partial charge is 0.142 e. The zero-order chi connectivity index (χ0) is 12.6. The van der Waals surface area contributed by atoms with Crippen molar-refractivity contribution >= 4 is 5.71 Å². The van der Waals surface area contributed by atoms with E-state index in [0.717, 1.165) is 31.0 Å². The van der Waals surface area contributed by atoms with E-state index in [1.807, 2.05) is 0 Å². The van der Waals surface area contributed by atoms with Gasteiger partial charge in [-0.25, -0.2) is 0 Å². The fraction of sp³-hybridized carbons (Fsp3) is 0.688. The zero-order valence-electron chi connectivity index (χ0n) is 11.6. The summed E-state index contributed by atoms with van der Waals surface area (Å²) < 4.78 is 5.90. The maximum absolute atomic E-state index is 5.90. The second-order valence-electron chi connectivity index (χ2n) is 5.14. The summed E-state index contributed by atoms with van der Waals surface area (Å²) in [7, 11) is 0. The molecule has 2 nitrogen and oxygen atoms in total. The van der Waals surface area contributed by atoms with Gasteiger partial charge in [0.05, 0.1) is 13.2 Å². The third-order valence-electron chi connectivity index (χ3n) is 3.61. The van der Waals surface area contributed by atoms with Crippen LogP contribution in [0.25, 0.3) is 0 Å². The summed E-state index contributed by atoms with van der Waals surface area (Å²) in [5, 5.41) is 0. The number of rotatable bonds is 7. The number of nitrogens with zero attached hydrogens (tertiary/aromatic N) is 1. The van der Waals surface area contributed by atoms with Gasteiger partial charge in [-0.1, -0.05) is 32.3 Å². The Hall–Kier alpha value is -1.05. The van der Waals surface area contributed by atoms with E-state index in [-0.39, 0.29) is 0 Å². The van der Waals surface area contributed by atoms with Gasteiger partial charge in [0.1, 0.15) is 11.5 Å². The number of hydrogen-bond acceptors (Lipinski definition) is 2. The van der Waals surface area contributed by atoms with Gasteiger partial charge >= 0.3 is 0 Å². The molecule has 0 aromatic heterocycles. The second-order valence-corrected chi connectivity index (χ2v) is 5.14. The van der Waals surface area contributed by atoms with Gasteiger partial charge < -0.3 is 4.74 Å². The number of hydrogen-bond donors (Lipinski definition) is 0. The lowest BCUT2D eigenvalue weighted by Crippen LogP contribution is -2.10. The van der Waals surface area contributed by atoms with Crippen LogP contribution in [0.1, 0.15) is 58.3 Å². The maximum Gasteiger partial charge on any atom is 0.142 e. The molecule has 1 aliphatic carbocycles. The molecule has 0 spiro atoms. The second kappa shape index (κ2) is 7.40. The Kier molecular flexibility index (Phi) is 5.50. The van der Waals surface area contributed by atoms with Crippen molar-refractivity contribution in [1.29, 1.82) is 0 Å². The molecule has 0 aromatic carbocycles. The number of allylic oxidation sites excluding steroid dienone is 2. The predicted octanol–water partition coefficient (Wildman–Crippen LogP) is 4.42. The molecule has 2 heteroatoms. The lowest BCUT2D eigenvalue weighted by atomic mass is 9.95. The third-order valence-corrected chi connectivity index (χ3v) is 3.61. The summed E-state index contributed by atoms with van der Waals surface area (Å²) in [6.45, 7) is 3.88. The molecule has 0 aromatic rings. The minimum atomic E-state index is 0.803. The lowest BCUT2D eigenvalue weighted by molar-refractivity contribution is 0.224. The molecule has 1 heterocycles. The molecule has 0 amide bonds. The molecule has 0 saturated carbocycles. The Balaban J connectivity index is 1.78. The predicted molar refractivity (Wildman–Crippen MR) is 77.0 cm³/mol. The summed E-state index contributed by atoms with van der Waals surface area (Å²) in [5.41, 5.74) is 2.56. The Bertz CT molecular complexity index is 352. The SMILES string of the molecule is CCCCCCOC1=CCN=C1C1=CCCCC1. The van der Waals surface area contributed by atoms with Crippen molar-refractivity contribution in [2.24, 2.45) is 4.99 Å². The Labute approximate surface area is 111 Å². The monoisotopic (exact) mass is 247 g/mol. The van der Waals surface area contributed by atoms with Crippen LogP contribution in [0.3, 0.4) is 0 Å².